The van der Waals surface area contributed by atoms with Crippen molar-refractivity contribution >= 4 is 0 Å². The van der Waals surface area contributed by atoms with E-state index in [2.05, 4.69) is 20.8 Å². The minimum absolute atomic E-state index is 0.0833. The zero-order valence-corrected chi connectivity index (χ0v) is 7.09. The highest BCUT2D eigenvalue weighted by atomic mass is 16.6. The molecule has 3 atom stereocenters. The Labute approximate surface area is 62.2 Å². The quantitative estimate of drug-likeness (QED) is 0.560. The summed E-state index contributed by atoms with van der Waals surface area (Å²) in [6.07, 6.45) is 0.0247. The van der Waals surface area contributed by atoms with Crippen molar-refractivity contribution in [1.29, 1.82) is 0 Å². The van der Waals surface area contributed by atoms with Gasteiger partial charge in [0.15, 0.2) is 0 Å². The van der Waals surface area contributed by atoms with Crippen LogP contribution in [-0.2, 0) is 4.74 Å². The first-order valence-electron chi connectivity index (χ1n) is 3.76. The maximum absolute atomic E-state index is 9.10. The Morgan fingerprint density at radius 1 is 1.40 bits per heavy atom. The molecule has 1 N–H and O–H groups in total. The highest BCUT2D eigenvalue weighted by molar-refractivity contribution is 4.96. The van der Waals surface area contributed by atoms with Crippen molar-refractivity contribution in [2.24, 2.45) is 5.41 Å². The topological polar surface area (TPSA) is 32.8 Å². The first-order valence-corrected chi connectivity index (χ1v) is 3.76. The largest absolute Gasteiger partial charge is 0.391 e. The molecule has 0 aromatic carbocycles. The zero-order chi connectivity index (χ0) is 7.94. The average molecular weight is 144 g/mol. The third kappa shape index (κ3) is 1.50. The Balaban J connectivity index is 2.39. The number of hydrogen-bond acceptors (Lipinski definition) is 2. The lowest BCUT2D eigenvalue weighted by Crippen LogP contribution is -2.21. The molecule has 1 fully saturated rings. The van der Waals surface area contributed by atoms with Crippen molar-refractivity contribution in [3.05, 3.63) is 0 Å². The molecule has 10 heavy (non-hydrogen) atoms. The molecule has 0 radical (unpaired) electrons. The molecule has 1 rings (SSSR count). The molecule has 0 aromatic heterocycles. The van der Waals surface area contributed by atoms with Crippen molar-refractivity contribution in [2.45, 2.75) is 46.0 Å². The number of rotatable bonds is 1. The van der Waals surface area contributed by atoms with Crippen LogP contribution in [0.1, 0.15) is 27.7 Å². The van der Waals surface area contributed by atoms with E-state index in [0.717, 1.165) is 0 Å². The van der Waals surface area contributed by atoms with Gasteiger partial charge in [-0.1, -0.05) is 20.8 Å². The van der Waals surface area contributed by atoms with Crippen LogP contribution in [0, 0.1) is 5.41 Å². The van der Waals surface area contributed by atoms with Crippen LogP contribution in [0.15, 0.2) is 0 Å². The van der Waals surface area contributed by atoms with Gasteiger partial charge in [-0.15, -0.1) is 0 Å². The lowest BCUT2D eigenvalue weighted by atomic mass is 9.89. The van der Waals surface area contributed by atoms with Gasteiger partial charge < -0.3 is 9.84 Å². The second-order valence-corrected chi connectivity index (χ2v) is 4.13. The molecule has 2 nitrogen and oxygen atoms in total. The van der Waals surface area contributed by atoms with E-state index in [-0.39, 0.29) is 23.7 Å². The lowest BCUT2D eigenvalue weighted by molar-refractivity contribution is 0.152. The van der Waals surface area contributed by atoms with Crippen molar-refractivity contribution in [3.8, 4) is 0 Å². The van der Waals surface area contributed by atoms with Gasteiger partial charge in [-0.2, -0.15) is 0 Å². The highest BCUT2D eigenvalue weighted by Crippen LogP contribution is 2.39. The normalized spacial score (nSPS) is 35.7. The third-order valence-corrected chi connectivity index (χ3v) is 1.85. The standard InChI is InChI=1S/C8H16O2/c1-5(9)6-7(10-6)8(2,3)4/h5-7,9H,1-4H3/t5-,6+,7+/m1/s1. The van der Waals surface area contributed by atoms with E-state index in [0.29, 0.717) is 0 Å². The summed E-state index contributed by atoms with van der Waals surface area (Å²) in [7, 11) is 0. The predicted molar refractivity (Wildman–Crippen MR) is 39.8 cm³/mol. The van der Waals surface area contributed by atoms with Gasteiger partial charge in [0.05, 0.1) is 12.2 Å². The Morgan fingerprint density at radius 3 is 2.00 bits per heavy atom. The molecule has 0 bridgehead atoms. The fraction of sp³-hybridized carbons (Fsp3) is 1.00. The highest BCUT2D eigenvalue weighted by Gasteiger charge is 2.49. The lowest BCUT2D eigenvalue weighted by Gasteiger charge is -2.14. The molecule has 1 heterocycles. The number of aliphatic hydroxyl groups excluding tert-OH is 1. The summed E-state index contributed by atoms with van der Waals surface area (Å²) in [6, 6.07) is 0. The second-order valence-electron chi connectivity index (χ2n) is 4.13. The summed E-state index contributed by atoms with van der Waals surface area (Å²) < 4.78 is 5.29. The summed E-state index contributed by atoms with van der Waals surface area (Å²) in [5.41, 5.74) is 0.182. The van der Waals surface area contributed by atoms with Crippen LogP contribution in [0.4, 0.5) is 0 Å². The summed E-state index contributed by atoms with van der Waals surface area (Å²) in [5.74, 6) is 0. The maximum atomic E-state index is 9.10. The van der Waals surface area contributed by atoms with Gasteiger partial charge in [0.25, 0.3) is 0 Å². The van der Waals surface area contributed by atoms with Crippen molar-refractivity contribution in [3.63, 3.8) is 0 Å². The molecule has 0 saturated carbocycles. The molecule has 0 spiro atoms. The van der Waals surface area contributed by atoms with Gasteiger partial charge in [0.1, 0.15) is 6.10 Å². The van der Waals surface area contributed by atoms with Gasteiger partial charge in [-0.05, 0) is 12.3 Å². The minimum Gasteiger partial charge on any atom is -0.391 e. The minimum atomic E-state index is -0.316. The van der Waals surface area contributed by atoms with Crippen LogP contribution < -0.4 is 0 Å². The number of ether oxygens (including phenoxy) is 1. The van der Waals surface area contributed by atoms with E-state index in [1.165, 1.54) is 0 Å². The Kier molecular flexibility index (Phi) is 1.77. The molecule has 1 aliphatic heterocycles. The van der Waals surface area contributed by atoms with Crippen LogP contribution in [0.3, 0.4) is 0 Å². The van der Waals surface area contributed by atoms with Crippen molar-refractivity contribution in [1.82, 2.24) is 0 Å². The Bertz CT molecular complexity index is 124. The first-order chi connectivity index (χ1) is 4.43. The number of epoxide rings is 1. The summed E-state index contributed by atoms with van der Waals surface area (Å²) in [5, 5.41) is 9.10. The number of hydrogen-bond donors (Lipinski definition) is 1. The van der Waals surface area contributed by atoms with Crippen molar-refractivity contribution < 1.29 is 9.84 Å². The molecular formula is C8H16O2. The molecule has 2 heteroatoms. The van der Waals surface area contributed by atoms with E-state index in [4.69, 9.17) is 9.84 Å². The Morgan fingerprint density at radius 2 is 1.90 bits per heavy atom. The molecule has 0 unspecified atom stereocenters. The summed E-state index contributed by atoms with van der Waals surface area (Å²) >= 11 is 0. The third-order valence-electron chi connectivity index (χ3n) is 1.85. The second kappa shape index (κ2) is 2.21. The van der Waals surface area contributed by atoms with Crippen LogP contribution in [0.25, 0.3) is 0 Å². The van der Waals surface area contributed by atoms with Crippen molar-refractivity contribution in [2.75, 3.05) is 0 Å². The Hall–Kier alpha value is -0.0800. The average Bonchev–Trinajstić information content (AvgIpc) is 2.35. The molecular weight excluding hydrogens is 128 g/mol. The molecule has 0 aromatic rings. The van der Waals surface area contributed by atoms with Gasteiger partial charge in [-0.3, -0.25) is 0 Å². The monoisotopic (exact) mass is 144 g/mol. The summed E-state index contributed by atoms with van der Waals surface area (Å²) in [4.78, 5) is 0. The van der Waals surface area contributed by atoms with Crippen LogP contribution in [-0.4, -0.2) is 23.4 Å². The molecule has 1 saturated heterocycles. The molecule has 60 valence electrons. The molecule has 1 aliphatic rings. The fourth-order valence-electron chi connectivity index (χ4n) is 1.19. The van der Waals surface area contributed by atoms with Crippen LogP contribution in [0.2, 0.25) is 0 Å². The van der Waals surface area contributed by atoms with Gasteiger partial charge in [-0.25, -0.2) is 0 Å². The van der Waals surface area contributed by atoms with E-state index < -0.39 is 0 Å². The van der Waals surface area contributed by atoms with Crippen LogP contribution >= 0.6 is 0 Å². The van der Waals surface area contributed by atoms with Gasteiger partial charge >= 0.3 is 0 Å². The smallest absolute Gasteiger partial charge is 0.110 e. The molecule has 0 aliphatic carbocycles. The van der Waals surface area contributed by atoms with E-state index in [1.54, 1.807) is 6.92 Å². The zero-order valence-electron chi connectivity index (χ0n) is 7.09. The van der Waals surface area contributed by atoms with E-state index in [1.807, 2.05) is 0 Å². The first kappa shape index (κ1) is 8.02. The molecule has 0 amide bonds. The SMILES string of the molecule is C[C@@H](O)[C@@H]1O[C@@H]1C(C)(C)C. The maximum Gasteiger partial charge on any atom is 0.110 e. The van der Waals surface area contributed by atoms with Crippen LogP contribution in [0.5, 0.6) is 0 Å². The van der Waals surface area contributed by atoms with E-state index in [9.17, 15) is 0 Å². The van der Waals surface area contributed by atoms with Gasteiger partial charge in [0.2, 0.25) is 0 Å². The summed E-state index contributed by atoms with van der Waals surface area (Å²) in [6.45, 7) is 8.15. The van der Waals surface area contributed by atoms with E-state index >= 15 is 0 Å². The van der Waals surface area contributed by atoms with Gasteiger partial charge in [0, 0.05) is 0 Å². The fourth-order valence-corrected chi connectivity index (χ4v) is 1.19. The predicted octanol–water partition coefficient (Wildman–Crippen LogP) is 1.18. The number of aliphatic hydroxyl groups is 1.